The summed E-state index contributed by atoms with van der Waals surface area (Å²) in [6.45, 7) is 4.20. The normalized spacial score (nSPS) is 45.6. The van der Waals surface area contributed by atoms with Crippen LogP contribution in [0.1, 0.15) is 52.4 Å². The molecule has 0 amide bonds. The lowest BCUT2D eigenvalue weighted by Gasteiger charge is -2.59. The van der Waals surface area contributed by atoms with Gasteiger partial charge in [0.1, 0.15) is 0 Å². The molecule has 3 unspecified atom stereocenters. The van der Waals surface area contributed by atoms with E-state index in [1.807, 2.05) is 0 Å². The molecule has 3 saturated carbocycles. The second-order valence-corrected chi connectivity index (χ2v) is 7.41. The first kappa shape index (κ1) is 11.5. The van der Waals surface area contributed by atoms with Gasteiger partial charge in [0.25, 0.3) is 0 Å². The Hall–Kier alpha value is -0.570. The van der Waals surface area contributed by atoms with Crippen molar-refractivity contribution in [3.05, 3.63) is 0 Å². The maximum atomic E-state index is 11.7. The van der Waals surface area contributed by atoms with Gasteiger partial charge in [-0.1, -0.05) is 13.8 Å². The Morgan fingerprint density at radius 2 is 1.88 bits per heavy atom. The fourth-order valence-corrected chi connectivity index (χ4v) is 5.11. The third-order valence-corrected chi connectivity index (χ3v) is 5.62. The molecule has 0 saturated heterocycles. The molecule has 3 aliphatic rings. The lowest BCUT2D eigenvalue weighted by molar-refractivity contribution is -0.218. The number of fused-ring (bicyclic) bond motifs is 2. The molecule has 0 heterocycles. The highest BCUT2D eigenvalue weighted by Gasteiger charge is 2.70. The van der Waals surface area contributed by atoms with Crippen LogP contribution >= 0.6 is 0 Å². The number of carboxylic acid groups (broad SMARTS) is 1. The van der Waals surface area contributed by atoms with E-state index in [0.29, 0.717) is 18.8 Å². The number of hydrogen-bond acceptors (Lipinski definition) is 2. The van der Waals surface area contributed by atoms with Gasteiger partial charge in [-0.2, -0.15) is 0 Å². The molecule has 2 N–H and O–H groups in total. The first-order chi connectivity index (χ1) is 7.79. The van der Waals surface area contributed by atoms with Gasteiger partial charge in [-0.3, -0.25) is 4.79 Å². The van der Waals surface area contributed by atoms with Crippen LogP contribution in [0.5, 0.6) is 0 Å². The van der Waals surface area contributed by atoms with Crippen molar-refractivity contribution in [3.63, 3.8) is 0 Å². The van der Waals surface area contributed by atoms with Gasteiger partial charge in [-0.15, -0.1) is 0 Å². The zero-order valence-electron chi connectivity index (χ0n) is 10.7. The van der Waals surface area contributed by atoms with Gasteiger partial charge in [-0.05, 0) is 55.8 Å². The molecule has 3 rings (SSSR count). The zero-order chi connectivity index (χ0) is 12.5. The third kappa shape index (κ3) is 1.29. The number of rotatable bonds is 2. The number of carboxylic acids is 1. The van der Waals surface area contributed by atoms with Crippen molar-refractivity contribution in [3.8, 4) is 0 Å². The highest BCUT2D eigenvalue weighted by molar-refractivity contribution is 5.78. The molecular weight excluding hydrogens is 216 g/mol. The Bertz CT molecular complexity index is 366. The van der Waals surface area contributed by atoms with E-state index in [4.69, 9.17) is 0 Å². The topological polar surface area (TPSA) is 57.5 Å². The smallest absolute Gasteiger partial charge is 0.312 e. The lowest BCUT2D eigenvalue weighted by Crippen LogP contribution is -2.64. The molecule has 0 aliphatic heterocycles. The summed E-state index contributed by atoms with van der Waals surface area (Å²) in [5.41, 5.74) is -1.69. The van der Waals surface area contributed by atoms with E-state index in [1.54, 1.807) is 0 Å². The van der Waals surface area contributed by atoms with Crippen LogP contribution < -0.4 is 0 Å². The highest BCUT2D eigenvalue weighted by Crippen LogP contribution is 2.67. The van der Waals surface area contributed by atoms with Crippen LogP contribution in [0.3, 0.4) is 0 Å². The van der Waals surface area contributed by atoms with Crippen molar-refractivity contribution in [2.24, 2.45) is 22.7 Å². The van der Waals surface area contributed by atoms with E-state index in [-0.39, 0.29) is 11.3 Å². The Morgan fingerprint density at radius 3 is 2.24 bits per heavy atom. The van der Waals surface area contributed by atoms with Gasteiger partial charge >= 0.3 is 5.97 Å². The predicted molar refractivity (Wildman–Crippen MR) is 63.5 cm³/mol. The monoisotopic (exact) mass is 238 g/mol. The molecule has 2 bridgehead atoms. The molecule has 0 aromatic rings. The summed E-state index contributed by atoms with van der Waals surface area (Å²) in [6, 6.07) is 0. The quantitative estimate of drug-likeness (QED) is 0.776. The second-order valence-electron chi connectivity index (χ2n) is 7.41. The van der Waals surface area contributed by atoms with Crippen molar-refractivity contribution >= 4 is 5.97 Å². The SMILES string of the molecule is CC1(C)CC(C(=O)O)(C2(O)CC3CCC2C3)C1. The van der Waals surface area contributed by atoms with Crippen LogP contribution in [0.15, 0.2) is 0 Å². The van der Waals surface area contributed by atoms with Crippen molar-refractivity contribution in [2.45, 2.75) is 58.0 Å². The maximum absolute atomic E-state index is 11.7. The minimum absolute atomic E-state index is 0.0793. The van der Waals surface area contributed by atoms with E-state index in [9.17, 15) is 15.0 Å². The average Bonchev–Trinajstić information content (AvgIpc) is 2.72. The number of carbonyl (C=O) groups is 1. The Morgan fingerprint density at radius 1 is 1.24 bits per heavy atom. The van der Waals surface area contributed by atoms with Gasteiger partial charge in [0.2, 0.25) is 0 Å². The summed E-state index contributed by atoms with van der Waals surface area (Å²) in [6.07, 6.45) is 5.25. The van der Waals surface area contributed by atoms with E-state index in [2.05, 4.69) is 13.8 Å². The zero-order valence-corrected chi connectivity index (χ0v) is 10.7. The van der Waals surface area contributed by atoms with E-state index in [0.717, 1.165) is 19.3 Å². The molecule has 3 aliphatic carbocycles. The molecule has 3 atom stereocenters. The molecule has 0 radical (unpaired) electrons. The van der Waals surface area contributed by atoms with Crippen LogP contribution in [0.4, 0.5) is 0 Å². The molecule has 3 fully saturated rings. The van der Waals surface area contributed by atoms with E-state index < -0.39 is 17.0 Å². The van der Waals surface area contributed by atoms with E-state index in [1.165, 1.54) is 6.42 Å². The number of aliphatic carboxylic acids is 1. The summed E-state index contributed by atoms with van der Waals surface area (Å²) in [7, 11) is 0. The van der Waals surface area contributed by atoms with Crippen molar-refractivity contribution in [1.29, 1.82) is 0 Å². The Balaban J connectivity index is 1.94. The molecule has 3 nitrogen and oxygen atoms in total. The second kappa shape index (κ2) is 3.05. The molecule has 0 aromatic carbocycles. The largest absolute Gasteiger partial charge is 0.481 e. The van der Waals surface area contributed by atoms with Crippen molar-refractivity contribution < 1.29 is 15.0 Å². The summed E-state index contributed by atoms with van der Waals surface area (Å²) in [5, 5.41) is 20.6. The summed E-state index contributed by atoms with van der Waals surface area (Å²) in [4.78, 5) is 11.7. The molecule has 96 valence electrons. The Kier molecular flexibility index (Phi) is 2.07. The predicted octanol–water partition coefficient (Wildman–Crippen LogP) is 2.43. The Labute approximate surface area is 102 Å². The van der Waals surface area contributed by atoms with Gasteiger partial charge in [0, 0.05) is 0 Å². The van der Waals surface area contributed by atoms with Crippen LogP contribution in [0, 0.1) is 22.7 Å². The van der Waals surface area contributed by atoms with Crippen molar-refractivity contribution in [1.82, 2.24) is 0 Å². The lowest BCUT2D eigenvalue weighted by atomic mass is 9.46. The minimum atomic E-state index is -0.919. The molecule has 0 aromatic heterocycles. The minimum Gasteiger partial charge on any atom is -0.481 e. The van der Waals surface area contributed by atoms with Gasteiger partial charge in [0.15, 0.2) is 0 Å². The number of hydrogen-bond donors (Lipinski definition) is 2. The molecule has 0 spiro atoms. The third-order valence-electron chi connectivity index (χ3n) is 5.62. The standard InChI is InChI=1S/C14H22O3/c1-12(2)7-13(8-12,11(15)16)14(17)6-9-3-4-10(14)5-9/h9-10,17H,3-8H2,1-2H3,(H,15,16). The van der Waals surface area contributed by atoms with Gasteiger partial charge in [-0.25, -0.2) is 0 Å². The van der Waals surface area contributed by atoms with E-state index >= 15 is 0 Å². The fraction of sp³-hybridized carbons (Fsp3) is 0.929. The summed E-state index contributed by atoms with van der Waals surface area (Å²) >= 11 is 0. The van der Waals surface area contributed by atoms with Crippen LogP contribution in [-0.2, 0) is 4.79 Å². The first-order valence-corrected chi connectivity index (χ1v) is 6.75. The molecule has 17 heavy (non-hydrogen) atoms. The molecular formula is C14H22O3. The molecule has 3 heteroatoms. The summed E-state index contributed by atoms with van der Waals surface area (Å²) in [5.74, 6) is 0.0384. The van der Waals surface area contributed by atoms with Gasteiger partial charge in [0.05, 0.1) is 11.0 Å². The van der Waals surface area contributed by atoms with Crippen LogP contribution in [0.25, 0.3) is 0 Å². The fourth-order valence-electron chi connectivity index (χ4n) is 5.11. The van der Waals surface area contributed by atoms with Crippen LogP contribution in [-0.4, -0.2) is 21.8 Å². The first-order valence-electron chi connectivity index (χ1n) is 6.75. The van der Waals surface area contributed by atoms with Crippen LogP contribution in [0.2, 0.25) is 0 Å². The average molecular weight is 238 g/mol. The highest BCUT2D eigenvalue weighted by atomic mass is 16.4. The van der Waals surface area contributed by atoms with Gasteiger partial charge < -0.3 is 10.2 Å². The maximum Gasteiger partial charge on any atom is 0.312 e. The number of aliphatic hydroxyl groups is 1. The van der Waals surface area contributed by atoms with Crippen molar-refractivity contribution in [2.75, 3.05) is 0 Å². The summed E-state index contributed by atoms with van der Waals surface area (Å²) < 4.78 is 0.